The topological polar surface area (TPSA) is 35.2 Å². The van der Waals surface area contributed by atoms with Crippen LogP contribution in [0.4, 0.5) is 0 Å². The summed E-state index contributed by atoms with van der Waals surface area (Å²) in [6.07, 6.45) is 4.11. The summed E-state index contributed by atoms with van der Waals surface area (Å²) in [5.41, 5.74) is 0. The van der Waals surface area contributed by atoms with E-state index in [0.717, 1.165) is 30.2 Å². The van der Waals surface area contributed by atoms with Crippen LogP contribution in [0.15, 0.2) is 36.7 Å². The van der Waals surface area contributed by atoms with Crippen molar-refractivity contribution in [2.24, 2.45) is 7.05 Å². The number of para-hydroxylation sites is 1. The molecule has 0 spiro atoms. The van der Waals surface area contributed by atoms with Crippen LogP contribution in [-0.4, -0.2) is 38.4 Å². The Morgan fingerprint density at radius 1 is 1.33 bits per heavy atom. The molecule has 0 amide bonds. The van der Waals surface area contributed by atoms with E-state index in [1.165, 1.54) is 6.42 Å². The van der Waals surface area contributed by atoms with Gasteiger partial charge in [-0.25, -0.2) is 4.68 Å². The molecule has 1 aromatic heterocycles. The van der Waals surface area contributed by atoms with E-state index in [2.05, 4.69) is 10.00 Å². The van der Waals surface area contributed by atoms with E-state index in [9.17, 15) is 0 Å². The minimum absolute atomic E-state index is 0.425. The Morgan fingerprint density at radius 3 is 2.86 bits per heavy atom. The van der Waals surface area contributed by atoms with Gasteiger partial charge in [0.1, 0.15) is 18.7 Å². The first-order chi connectivity index (χ1) is 10.2. The fourth-order valence-electron chi connectivity index (χ4n) is 2.67. The SMILES string of the molecule is Cn1cnn(CN2CCC[C@@H]2COc2ccccc2)c1=S. The summed E-state index contributed by atoms with van der Waals surface area (Å²) in [4.78, 5) is 2.39. The molecule has 6 heteroatoms. The van der Waals surface area contributed by atoms with Crippen molar-refractivity contribution in [1.82, 2.24) is 19.2 Å². The van der Waals surface area contributed by atoms with Crippen molar-refractivity contribution >= 4 is 12.2 Å². The van der Waals surface area contributed by atoms with Crippen LogP contribution in [0.3, 0.4) is 0 Å². The summed E-state index contributed by atoms with van der Waals surface area (Å²) in [5.74, 6) is 0.929. The lowest BCUT2D eigenvalue weighted by molar-refractivity contribution is 0.136. The molecule has 112 valence electrons. The summed E-state index contributed by atoms with van der Waals surface area (Å²) in [6.45, 7) is 2.52. The molecule has 0 N–H and O–H groups in total. The van der Waals surface area contributed by atoms with Crippen LogP contribution in [-0.2, 0) is 13.7 Å². The molecule has 0 bridgehead atoms. The molecule has 1 aromatic carbocycles. The van der Waals surface area contributed by atoms with Crippen LogP contribution in [0.2, 0.25) is 0 Å². The van der Waals surface area contributed by atoms with E-state index in [0.29, 0.717) is 12.6 Å². The molecule has 1 aliphatic rings. The number of likely N-dealkylation sites (tertiary alicyclic amines) is 1. The van der Waals surface area contributed by atoms with Crippen LogP contribution in [0.25, 0.3) is 0 Å². The lowest BCUT2D eigenvalue weighted by atomic mass is 10.2. The Hall–Kier alpha value is -1.66. The van der Waals surface area contributed by atoms with Crippen LogP contribution < -0.4 is 4.74 Å². The van der Waals surface area contributed by atoms with Gasteiger partial charge in [-0.15, -0.1) is 0 Å². The largest absolute Gasteiger partial charge is 0.492 e. The van der Waals surface area contributed by atoms with Gasteiger partial charge < -0.3 is 9.30 Å². The molecule has 5 nitrogen and oxygen atoms in total. The molecular formula is C15H20N4OS. The van der Waals surface area contributed by atoms with Crippen molar-refractivity contribution in [2.45, 2.75) is 25.6 Å². The zero-order valence-corrected chi connectivity index (χ0v) is 13.0. The van der Waals surface area contributed by atoms with Crippen molar-refractivity contribution in [3.05, 3.63) is 41.4 Å². The smallest absolute Gasteiger partial charge is 0.198 e. The molecule has 0 saturated carbocycles. The molecule has 21 heavy (non-hydrogen) atoms. The lowest BCUT2D eigenvalue weighted by Gasteiger charge is -2.24. The Balaban J connectivity index is 1.60. The van der Waals surface area contributed by atoms with E-state index >= 15 is 0 Å². The fraction of sp³-hybridized carbons (Fsp3) is 0.467. The zero-order chi connectivity index (χ0) is 14.7. The van der Waals surface area contributed by atoms with Crippen molar-refractivity contribution in [2.75, 3.05) is 13.2 Å². The first kappa shape index (κ1) is 14.3. The number of ether oxygens (including phenoxy) is 1. The van der Waals surface area contributed by atoms with Gasteiger partial charge in [-0.3, -0.25) is 4.90 Å². The van der Waals surface area contributed by atoms with Gasteiger partial charge in [-0.2, -0.15) is 5.10 Å². The van der Waals surface area contributed by atoms with Crippen molar-refractivity contribution in [3.63, 3.8) is 0 Å². The van der Waals surface area contributed by atoms with Crippen molar-refractivity contribution < 1.29 is 4.74 Å². The van der Waals surface area contributed by atoms with Crippen LogP contribution in [0.5, 0.6) is 5.75 Å². The highest BCUT2D eigenvalue weighted by atomic mass is 32.1. The Labute approximate surface area is 129 Å². The lowest BCUT2D eigenvalue weighted by Crippen LogP contribution is -2.36. The molecule has 3 rings (SSSR count). The van der Waals surface area contributed by atoms with Gasteiger partial charge in [0.2, 0.25) is 0 Å². The van der Waals surface area contributed by atoms with E-state index in [1.807, 2.05) is 46.6 Å². The van der Waals surface area contributed by atoms with Crippen molar-refractivity contribution in [1.29, 1.82) is 0 Å². The summed E-state index contributed by atoms with van der Waals surface area (Å²) >= 11 is 5.35. The highest BCUT2D eigenvalue weighted by molar-refractivity contribution is 7.71. The predicted octanol–water partition coefficient (Wildman–Crippen LogP) is 2.45. The Morgan fingerprint density at radius 2 is 2.14 bits per heavy atom. The maximum Gasteiger partial charge on any atom is 0.198 e. The van der Waals surface area contributed by atoms with E-state index in [-0.39, 0.29) is 0 Å². The highest BCUT2D eigenvalue weighted by Gasteiger charge is 2.25. The third-order valence-electron chi connectivity index (χ3n) is 3.89. The quantitative estimate of drug-likeness (QED) is 0.795. The van der Waals surface area contributed by atoms with Gasteiger partial charge in [-0.1, -0.05) is 18.2 Å². The van der Waals surface area contributed by atoms with Crippen LogP contribution >= 0.6 is 12.2 Å². The van der Waals surface area contributed by atoms with Gasteiger partial charge in [0.25, 0.3) is 0 Å². The summed E-state index contributed by atoms with van der Waals surface area (Å²) in [6, 6.07) is 10.4. The second kappa shape index (κ2) is 6.41. The number of aromatic nitrogens is 3. The van der Waals surface area contributed by atoms with Gasteiger partial charge in [0, 0.05) is 19.6 Å². The Kier molecular flexibility index (Phi) is 4.36. The summed E-state index contributed by atoms with van der Waals surface area (Å²) in [5, 5.41) is 4.32. The summed E-state index contributed by atoms with van der Waals surface area (Å²) in [7, 11) is 1.92. The molecule has 2 heterocycles. The molecule has 0 radical (unpaired) electrons. The van der Waals surface area contributed by atoms with E-state index < -0.39 is 0 Å². The van der Waals surface area contributed by atoms with Crippen LogP contribution in [0.1, 0.15) is 12.8 Å². The molecule has 2 aromatic rings. The van der Waals surface area contributed by atoms with Gasteiger partial charge in [0.05, 0.1) is 6.67 Å². The van der Waals surface area contributed by atoms with Gasteiger partial charge in [0.15, 0.2) is 4.77 Å². The summed E-state index contributed by atoms with van der Waals surface area (Å²) < 4.78 is 10.4. The number of rotatable bonds is 5. The van der Waals surface area contributed by atoms with E-state index in [4.69, 9.17) is 17.0 Å². The monoisotopic (exact) mass is 304 g/mol. The minimum atomic E-state index is 0.425. The third kappa shape index (κ3) is 3.33. The molecule has 1 fully saturated rings. The van der Waals surface area contributed by atoms with E-state index in [1.54, 1.807) is 6.33 Å². The molecule has 0 unspecified atom stereocenters. The number of hydrogen-bond donors (Lipinski definition) is 0. The number of nitrogens with zero attached hydrogens (tertiary/aromatic N) is 4. The first-order valence-electron chi connectivity index (χ1n) is 7.24. The highest BCUT2D eigenvalue weighted by Crippen LogP contribution is 2.19. The average Bonchev–Trinajstić information content (AvgIpc) is 3.08. The number of benzene rings is 1. The molecular weight excluding hydrogens is 284 g/mol. The maximum atomic E-state index is 5.89. The Bertz CT molecular complexity index is 637. The van der Waals surface area contributed by atoms with Gasteiger partial charge in [-0.05, 0) is 37.2 Å². The zero-order valence-electron chi connectivity index (χ0n) is 12.2. The molecule has 1 aliphatic heterocycles. The molecule has 0 aliphatic carbocycles. The molecule has 1 atom stereocenters. The third-order valence-corrected chi connectivity index (χ3v) is 4.39. The first-order valence-corrected chi connectivity index (χ1v) is 7.65. The number of aryl methyl sites for hydroxylation is 1. The van der Waals surface area contributed by atoms with Crippen LogP contribution in [0, 0.1) is 4.77 Å². The maximum absolute atomic E-state index is 5.89. The standard InChI is InChI=1S/C15H20N4OS/c1-17-11-16-19(15(17)21)12-18-9-5-6-13(18)10-20-14-7-3-2-4-8-14/h2-4,7-8,11,13H,5-6,9-10,12H2,1H3/t13-/m1/s1. The number of hydrogen-bond acceptors (Lipinski definition) is 4. The van der Waals surface area contributed by atoms with Crippen molar-refractivity contribution in [3.8, 4) is 5.75 Å². The molecule has 1 saturated heterocycles. The second-order valence-electron chi connectivity index (χ2n) is 5.40. The second-order valence-corrected chi connectivity index (χ2v) is 5.76. The minimum Gasteiger partial charge on any atom is -0.492 e. The normalized spacial score (nSPS) is 19.0. The predicted molar refractivity (Wildman–Crippen MR) is 83.7 cm³/mol. The fourth-order valence-corrected chi connectivity index (χ4v) is 2.82. The van der Waals surface area contributed by atoms with Gasteiger partial charge >= 0.3 is 0 Å². The average molecular weight is 304 g/mol.